The van der Waals surface area contributed by atoms with Crippen LogP contribution in [-0.4, -0.2) is 35.7 Å². The molecule has 1 aromatic rings. The highest BCUT2D eigenvalue weighted by Crippen LogP contribution is 2.24. The minimum atomic E-state index is -3.93. The Morgan fingerprint density at radius 3 is 2.40 bits per heavy atom. The lowest BCUT2D eigenvalue weighted by Crippen LogP contribution is -2.31. The van der Waals surface area contributed by atoms with Crippen molar-refractivity contribution in [3.8, 4) is 0 Å². The fraction of sp³-hybridized carbons (Fsp3) is 0.182. The van der Waals surface area contributed by atoms with Crippen LogP contribution in [0.5, 0.6) is 0 Å². The molecule has 0 fully saturated rings. The quantitative estimate of drug-likeness (QED) is 0.454. The number of sulfonamides is 1. The Balaban J connectivity index is 3.33. The zero-order chi connectivity index (χ0) is 15.3. The summed E-state index contributed by atoms with van der Waals surface area (Å²) < 4.78 is 25.7. The third-order valence-corrected chi connectivity index (χ3v) is 4.17. The number of rotatable bonds is 7. The number of hydrogen-bond acceptors (Lipinski definition) is 6. The van der Waals surface area contributed by atoms with Gasteiger partial charge in [0.15, 0.2) is 0 Å². The fourth-order valence-corrected chi connectivity index (χ4v) is 2.79. The van der Waals surface area contributed by atoms with Gasteiger partial charge in [-0.25, -0.2) is 13.4 Å². The van der Waals surface area contributed by atoms with Gasteiger partial charge in [0.2, 0.25) is 15.8 Å². The summed E-state index contributed by atoms with van der Waals surface area (Å²) in [4.78, 5) is 13.2. The van der Waals surface area contributed by atoms with Crippen LogP contribution in [0.15, 0.2) is 42.5 Å². The highest BCUT2D eigenvalue weighted by Gasteiger charge is 2.26. The van der Waals surface area contributed by atoms with E-state index in [1.165, 1.54) is 12.2 Å². The molecule has 0 aliphatic carbocycles. The molecule has 0 aliphatic heterocycles. The van der Waals surface area contributed by atoms with Gasteiger partial charge < -0.3 is 5.73 Å². The molecule has 0 saturated carbocycles. The summed E-state index contributed by atoms with van der Waals surface area (Å²) >= 11 is 0. The molecule has 1 rings (SSSR count). The van der Waals surface area contributed by atoms with E-state index >= 15 is 0 Å². The summed E-state index contributed by atoms with van der Waals surface area (Å²) in [6, 6.07) is 0.886. The number of nitrogen functional groups attached to an aromatic ring is 1. The van der Waals surface area contributed by atoms with Gasteiger partial charge in [-0.05, 0) is 0 Å². The van der Waals surface area contributed by atoms with Crippen LogP contribution in [0.4, 0.5) is 11.5 Å². The van der Waals surface area contributed by atoms with Crippen molar-refractivity contribution in [1.29, 1.82) is 0 Å². The molecule has 0 bridgehead atoms. The maximum Gasteiger partial charge on any atom is 0.312 e. The zero-order valence-electron chi connectivity index (χ0n) is 10.6. The molecule has 0 atom stereocenters. The van der Waals surface area contributed by atoms with Crippen molar-refractivity contribution in [3.05, 3.63) is 47.7 Å². The predicted molar refractivity (Wildman–Crippen MR) is 74.5 cm³/mol. The van der Waals surface area contributed by atoms with Crippen LogP contribution < -0.4 is 5.73 Å². The first-order valence-electron chi connectivity index (χ1n) is 5.46. The summed E-state index contributed by atoms with van der Waals surface area (Å²) in [6.07, 6.45) is 3.79. The van der Waals surface area contributed by atoms with E-state index in [-0.39, 0.29) is 23.8 Å². The highest BCUT2D eigenvalue weighted by molar-refractivity contribution is 7.89. The monoisotopic (exact) mass is 298 g/mol. The molecule has 8 nitrogen and oxygen atoms in total. The van der Waals surface area contributed by atoms with Crippen molar-refractivity contribution in [2.24, 2.45) is 0 Å². The average Bonchev–Trinajstić information content (AvgIpc) is 2.38. The molecule has 0 radical (unpaired) electrons. The second kappa shape index (κ2) is 6.26. The largest absolute Gasteiger partial charge is 0.378 e. The molecule has 0 aliphatic rings. The molecule has 0 unspecified atom stereocenters. The Labute approximate surface area is 116 Å². The molecule has 0 saturated heterocycles. The summed E-state index contributed by atoms with van der Waals surface area (Å²) in [7, 11) is -3.93. The average molecular weight is 298 g/mol. The summed E-state index contributed by atoms with van der Waals surface area (Å²) in [6.45, 7) is 7.03. The minimum absolute atomic E-state index is 0.0481. The van der Waals surface area contributed by atoms with E-state index in [9.17, 15) is 18.5 Å². The minimum Gasteiger partial charge on any atom is -0.378 e. The number of hydrogen-bond donors (Lipinski definition) is 1. The Bertz CT molecular complexity index is 632. The Kier molecular flexibility index (Phi) is 4.94. The second-order valence-electron chi connectivity index (χ2n) is 3.73. The normalized spacial score (nSPS) is 11.2. The molecule has 0 amide bonds. The van der Waals surface area contributed by atoms with Crippen molar-refractivity contribution in [3.63, 3.8) is 0 Å². The van der Waals surface area contributed by atoms with Gasteiger partial charge >= 0.3 is 5.69 Å². The van der Waals surface area contributed by atoms with E-state index in [1.54, 1.807) is 0 Å². The molecule has 1 heterocycles. The molecule has 2 N–H and O–H groups in total. The van der Waals surface area contributed by atoms with Gasteiger partial charge in [0, 0.05) is 25.4 Å². The van der Waals surface area contributed by atoms with Crippen molar-refractivity contribution in [2.45, 2.75) is 4.90 Å². The molecular weight excluding hydrogens is 284 g/mol. The smallest absolute Gasteiger partial charge is 0.312 e. The number of nitro groups is 1. The van der Waals surface area contributed by atoms with Gasteiger partial charge in [-0.1, -0.05) is 12.2 Å². The van der Waals surface area contributed by atoms with Crippen LogP contribution in [-0.2, 0) is 10.0 Å². The maximum atomic E-state index is 12.3. The van der Waals surface area contributed by atoms with E-state index in [2.05, 4.69) is 18.1 Å². The molecular formula is C11H14N4O4S. The Morgan fingerprint density at radius 2 is 1.95 bits per heavy atom. The van der Waals surface area contributed by atoms with Gasteiger partial charge in [0.1, 0.15) is 4.90 Å². The molecule has 1 aromatic heterocycles. The standard InChI is InChI=1S/C11H14N4O4S/c1-3-5-14(6-4-2)20(18,19)9-7-10(15(16)17)11(12)13-8-9/h3-4,7-8H,1-2,5-6H2,(H2,12,13). The summed E-state index contributed by atoms with van der Waals surface area (Å²) in [5, 5.41) is 10.8. The van der Waals surface area contributed by atoms with E-state index in [0.29, 0.717) is 0 Å². The van der Waals surface area contributed by atoms with Crippen LogP contribution in [0.3, 0.4) is 0 Å². The SMILES string of the molecule is C=CCN(CC=C)S(=O)(=O)c1cnc(N)c([N+](=O)[O-])c1. The first kappa shape index (κ1) is 15.8. The number of nitrogens with zero attached hydrogens (tertiary/aromatic N) is 3. The van der Waals surface area contributed by atoms with Gasteiger partial charge in [0.05, 0.1) is 4.92 Å². The van der Waals surface area contributed by atoms with E-state index in [4.69, 9.17) is 5.73 Å². The topological polar surface area (TPSA) is 119 Å². The third-order valence-electron chi connectivity index (χ3n) is 2.37. The molecule has 108 valence electrons. The Morgan fingerprint density at radius 1 is 1.40 bits per heavy atom. The second-order valence-corrected chi connectivity index (χ2v) is 5.67. The van der Waals surface area contributed by atoms with Gasteiger partial charge in [0.25, 0.3) is 0 Å². The van der Waals surface area contributed by atoms with Crippen LogP contribution in [0.25, 0.3) is 0 Å². The van der Waals surface area contributed by atoms with Crippen LogP contribution in [0.2, 0.25) is 0 Å². The first-order valence-corrected chi connectivity index (χ1v) is 6.90. The number of anilines is 1. The van der Waals surface area contributed by atoms with Crippen LogP contribution in [0.1, 0.15) is 0 Å². The lowest BCUT2D eigenvalue weighted by atomic mass is 10.4. The van der Waals surface area contributed by atoms with Gasteiger partial charge in [-0.2, -0.15) is 4.31 Å². The fourth-order valence-electron chi connectivity index (χ4n) is 1.44. The Hall–Kier alpha value is -2.26. The lowest BCUT2D eigenvalue weighted by Gasteiger charge is -2.18. The van der Waals surface area contributed by atoms with E-state index in [1.807, 2.05) is 0 Å². The van der Waals surface area contributed by atoms with E-state index < -0.39 is 20.6 Å². The highest BCUT2D eigenvalue weighted by atomic mass is 32.2. The number of nitrogens with two attached hydrogens (primary N) is 1. The lowest BCUT2D eigenvalue weighted by molar-refractivity contribution is -0.384. The summed E-state index contributed by atoms with van der Waals surface area (Å²) in [5.41, 5.74) is 4.78. The number of pyridine rings is 1. The molecule has 0 aromatic carbocycles. The first-order chi connectivity index (χ1) is 9.34. The molecule has 9 heteroatoms. The zero-order valence-corrected chi connectivity index (χ0v) is 11.4. The number of aromatic nitrogens is 1. The van der Waals surface area contributed by atoms with E-state index in [0.717, 1.165) is 16.6 Å². The van der Waals surface area contributed by atoms with Crippen molar-refractivity contribution in [1.82, 2.24) is 9.29 Å². The van der Waals surface area contributed by atoms with Gasteiger partial charge in [-0.15, -0.1) is 13.2 Å². The van der Waals surface area contributed by atoms with Crippen LogP contribution >= 0.6 is 0 Å². The molecule has 20 heavy (non-hydrogen) atoms. The summed E-state index contributed by atoms with van der Waals surface area (Å²) in [5.74, 6) is -0.340. The van der Waals surface area contributed by atoms with Crippen molar-refractivity contribution < 1.29 is 13.3 Å². The predicted octanol–water partition coefficient (Wildman–Crippen LogP) is 0.935. The van der Waals surface area contributed by atoms with Crippen LogP contribution in [0, 0.1) is 10.1 Å². The van der Waals surface area contributed by atoms with Crippen molar-refractivity contribution in [2.75, 3.05) is 18.8 Å². The van der Waals surface area contributed by atoms with Gasteiger partial charge in [-0.3, -0.25) is 10.1 Å². The van der Waals surface area contributed by atoms with Crippen molar-refractivity contribution >= 4 is 21.5 Å². The third kappa shape index (κ3) is 3.19. The maximum absolute atomic E-state index is 12.3. The molecule has 0 spiro atoms.